The van der Waals surface area contributed by atoms with Crippen LogP contribution in [0.25, 0.3) is 99.2 Å². The maximum Gasteiger partial charge on any atom is 0.143 e. The zero-order valence-corrected chi connectivity index (χ0v) is 45.5. The fourth-order valence-electron chi connectivity index (χ4n) is 12.3. The number of hydrogen-bond donors (Lipinski definition) is 0. The van der Waals surface area contributed by atoms with Gasteiger partial charge < -0.3 is 28.0 Å². The van der Waals surface area contributed by atoms with Crippen LogP contribution in [0.5, 0.6) is 0 Å². The highest BCUT2D eigenvalue weighted by Gasteiger charge is 2.24. The van der Waals surface area contributed by atoms with E-state index in [1.54, 1.807) is 0 Å². The van der Waals surface area contributed by atoms with Crippen LogP contribution < -0.4 is 14.7 Å². The van der Waals surface area contributed by atoms with Crippen LogP contribution in [0.4, 0.5) is 51.2 Å². The zero-order valence-electron chi connectivity index (χ0n) is 45.5. The Hall–Kier alpha value is -11.3. The molecule has 0 bridgehead atoms. The smallest absolute Gasteiger partial charge is 0.143 e. The van der Waals surface area contributed by atoms with Gasteiger partial charge in [-0.25, -0.2) is 0 Å². The van der Waals surface area contributed by atoms with Gasteiger partial charge in [-0.05, 0) is 150 Å². The lowest BCUT2D eigenvalue weighted by Gasteiger charge is -2.29. The Kier molecular flexibility index (Phi) is 11.8. The van der Waals surface area contributed by atoms with Crippen LogP contribution in [0, 0.1) is 0 Å². The molecule has 6 nitrogen and oxygen atoms in total. The fourth-order valence-corrected chi connectivity index (χ4v) is 12.3. The molecule has 0 aliphatic rings. The van der Waals surface area contributed by atoms with Gasteiger partial charge >= 0.3 is 0 Å². The number of nitrogens with zero attached hydrogens (tertiary/aromatic N) is 3. The van der Waals surface area contributed by atoms with Gasteiger partial charge in [-0.15, -0.1) is 0 Å². The maximum atomic E-state index is 7.11. The van der Waals surface area contributed by atoms with Crippen LogP contribution in [0.3, 0.4) is 0 Å². The summed E-state index contributed by atoms with van der Waals surface area (Å²) in [5, 5.41) is 6.39. The molecular formula is C78H51N3O3. The first kappa shape index (κ1) is 48.6. The van der Waals surface area contributed by atoms with Crippen molar-refractivity contribution in [3.05, 3.63) is 309 Å². The van der Waals surface area contributed by atoms with Gasteiger partial charge in [0.2, 0.25) is 0 Å². The predicted octanol–water partition coefficient (Wildman–Crippen LogP) is 22.8. The van der Waals surface area contributed by atoms with E-state index in [0.717, 1.165) is 150 Å². The maximum absolute atomic E-state index is 7.11. The van der Waals surface area contributed by atoms with E-state index >= 15 is 0 Å². The summed E-state index contributed by atoms with van der Waals surface area (Å²) in [5.74, 6) is 0. The third-order valence-electron chi connectivity index (χ3n) is 16.2. The number of para-hydroxylation sites is 6. The summed E-state index contributed by atoms with van der Waals surface area (Å²) in [4.78, 5) is 6.98. The van der Waals surface area contributed by atoms with E-state index in [0.29, 0.717) is 0 Å². The molecule has 0 radical (unpaired) electrons. The minimum absolute atomic E-state index is 0.783. The van der Waals surface area contributed by atoms with Crippen molar-refractivity contribution in [1.82, 2.24) is 0 Å². The summed E-state index contributed by atoms with van der Waals surface area (Å²) < 4.78 is 20.0. The highest BCUT2D eigenvalue weighted by molar-refractivity contribution is 6.13. The number of fused-ring (bicyclic) bond motifs is 9. The second-order valence-electron chi connectivity index (χ2n) is 21.2. The third-order valence-corrected chi connectivity index (χ3v) is 16.2. The van der Waals surface area contributed by atoms with Gasteiger partial charge in [-0.1, -0.05) is 170 Å². The minimum atomic E-state index is 0.783. The highest BCUT2D eigenvalue weighted by Crippen LogP contribution is 2.48. The molecule has 0 spiro atoms. The van der Waals surface area contributed by atoms with Gasteiger partial charge in [0, 0.05) is 101 Å². The molecule has 84 heavy (non-hydrogen) atoms. The summed E-state index contributed by atoms with van der Waals surface area (Å²) in [6.07, 6.45) is 0. The summed E-state index contributed by atoms with van der Waals surface area (Å²) in [6.45, 7) is 0. The lowest BCUT2D eigenvalue weighted by atomic mass is 9.97. The Morgan fingerprint density at radius 1 is 0.190 bits per heavy atom. The number of rotatable bonds is 12. The fraction of sp³-hybridized carbons (Fsp3) is 0. The molecule has 3 aromatic heterocycles. The number of furan rings is 3. The van der Waals surface area contributed by atoms with Crippen LogP contribution in [0.2, 0.25) is 0 Å². The zero-order chi connectivity index (χ0) is 55.5. The molecule has 0 N–H and O–H groups in total. The Bertz CT molecular complexity index is 5030. The molecule has 0 saturated heterocycles. The second-order valence-corrected chi connectivity index (χ2v) is 21.2. The topological polar surface area (TPSA) is 49.1 Å². The standard InChI is InChI=1S/C78H51N3O3/c1-6-20-53(21-7-1)64-33-19-34-67-70-48-62(42-45-75(70)84-78(64)67)80(57-25-10-3-11-26-57)63-41-43-66-71-50-68(72(51-77(71)83-76(66)49-63)81(58-27-12-4-13-28-58)59-29-14-5-15-30-59)55-22-18-31-61(46-55)79(56-23-8-2-9-24-56)60-39-36-52(37-40-60)54-38-44-74-69(47-54)65-32-16-17-35-73(65)82-74/h1-51H. The van der Waals surface area contributed by atoms with E-state index in [1.165, 1.54) is 0 Å². The van der Waals surface area contributed by atoms with Crippen LogP contribution in [-0.2, 0) is 0 Å². The lowest BCUT2D eigenvalue weighted by molar-refractivity contribution is 0.668. The largest absolute Gasteiger partial charge is 0.456 e. The molecule has 6 heteroatoms. The highest BCUT2D eigenvalue weighted by atomic mass is 16.3. The molecular weight excluding hydrogens is 1030 g/mol. The molecule has 0 fully saturated rings. The molecule has 3 heterocycles. The van der Waals surface area contributed by atoms with E-state index in [-0.39, 0.29) is 0 Å². The van der Waals surface area contributed by atoms with Crippen molar-refractivity contribution in [1.29, 1.82) is 0 Å². The summed E-state index contributed by atoms with van der Waals surface area (Å²) in [6, 6.07) is 109. The molecule has 0 saturated carbocycles. The van der Waals surface area contributed by atoms with Gasteiger partial charge in [0.15, 0.2) is 0 Å². The van der Waals surface area contributed by atoms with Crippen LogP contribution in [0.15, 0.2) is 323 Å². The van der Waals surface area contributed by atoms with Gasteiger partial charge in [0.25, 0.3) is 0 Å². The van der Waals surface area contributed by atoms with Crippen molar-refractivity contribution in [2.45, 2.75) is 0 Å². The lowest BCUT2D eigenvalue weighted by Crippen LogP contribution is -2.12. The monoisotopic (exact) mass is 1080 g/mol. The molecule has 0 aliphatic carbocycles. The van der Waals surface area contributed by atoms with Gasteiger partial charge in [-0.2, -0.15) is 0 Å². The Morgan fingerprint density at radius 2 is 0.631 bits per heavy atom. The van der Waals surface area contributed by atoms with Crippen LogP contribution in [0.1, 0.15) is 0 Å². The minimum Gasteiger partial charge on any atom is -0.456 e. The summed E-state index contributed by atoms with van der Waals surface area (Å²) in [7, 11) is 0. The molecule has 13 aromatic carbocycles. The van der Waals surface area contributed by atoms with Crippen LogP contribution >= 0.6 is 0 Å². The summed E-state index contributed by atoms with van der Waals surface area (Å²) in [5.41, 5.74) is 20.8. The van der Waals surface area contributed by atoms with Crippen molar-refractivity contribution in [2.24, 2.45) is 0 Å². The first-order chi connectivity index (χ1) is 41.6. The number of benzene rings is 13. The molecule has 16 aromatic rings. The van der Waals surface area contributed by atoms with E-state index in [9.17, 15) is 0 Å². The Morgan fingerprint density at radius 3 is 1.35 bits per heavy atom. The second kappa shape index (κ2) is 20.3. The van der Waals surface area contributed by atoms with Crippen molar-refractivity contribution in [3.8, 4) is 33.4 Å². The average Bonchev–Trinajstić information content (AvgIpc) is 3.59. The molecule has 396 valence electrons. The Labute approximate surface area is 485 Å². The van der Waals surface area contributed by atoms with E-state index in [4.69, 9.17) is 13.3 Å². The molecule has 0 amide bonds. The normalized spacial score (nSPS) is 11.6. The third kappa shape index (κ3) is 8.52. The van der Waals surface area contributed by atoms with Crippen LogP contribution in [-0.4, -0.2) is 0 Å². The Balaban J connectivity index is 0.835. The molecule has 0 atom stereocenters. The number of anilines is 9. The van der Waals surface area contributed by atoms with Crippen molar-refractivity contribution in [3.63, 3.8) is 0 Å². The quantitative estimate of drug-likeness (QED) is 0.122. The SMILES string of the molecule is c1ccc(-c2cccc3c2oc2ccc(N(c4ccccc4)c4ccc5c(c4)oc4cc(N(c6ccccc6)c6ccccc6)c(-c6cccc(N(c7ccccc7)c7ccc(-c8ccc9oc%10ccccc%10c9c8)cc7)c6)cc45)cc23)cc1. The van der Waals surface area contributed by atoms with Crippen molar-refractivity contribution >= 4 is 117 Å². The first-order valence-electron chi connectivity index (χ1n) is 28.4. The molecule has 0 aliphatic heterocycles. The molecule has 16 rings (SSSR count). The van der Waals surface area contributed by atoms with Crippen molar-refractivity contribution < 1.29 is 13.3 Å². The van der Waals surface area contributed by atoms with Crippen molar-refractivity contribution in [2.75, 3.05) is 14.7 Å². The van der Waals surface area contributed by atoms with E-state index in [2.05, 4.69) is 306 Å². The van der Waals surface area contributed by atoms with E-state index in [1.807, 2.05) is 18.2 Å². The van der Waals surface area contributed by atoms with Gasteiger partial charge in [0.1, 0.15) is 33.5 Å². The van der Waals surface area contributed by atoms with E-state index < -0.39 is 0 Å². The predicted molar refractivity (Wildman–Crippen MR) is 349 cm³/mol. The van der Waals surface area contributed by atoms with Gasteiger partial charge in [0.05, 0.1) is 5.69 Å². The average molecular weight is 1080 g/mol. The van der Waals surface area contributed by atoms with Gasteiger partial charge in [-0.3, -0.25) is 0 Å². The first-order valence-corrected chi connectivity index (χ1v) is 28.4. The molecule has 0 unspecified atom stereocenters. The summed E-state index contributed by atoms with van der Waals surface area (Å²) >= 11 is 0. The number of hydrogen-bond acceptors (Lipinski definition) is 6.